The van der Waals surface area contributed by atoms with Gasteiger partial charge in [-0.2, -0.15) is 0 Å². The minimum atomic E-state index is 0.0209. The normalized spacial score (nSPS) is 10.8. The van der Waals surface area contributed by atoms with Crippen LogP contribution in [0.5, 0.6) is 0 Å². The maximum Gasteiger partial charge on any atom is 0.250 e. The average molecular weight is 227 g/mol. The molecule has 0 fully saturated rings. The smallest absolute Gasteiger partial charge is 0.250 e. The first-order valence-corrected chi connectivity index (χ1v) is 5.85. The van der Waals surface area contributed by atoms with Crippen LogP contribution in [0.2, 0.25) is 0 Å². The Morgan fingerprint density at radius 2 is 1.53 bits per heavy atom. The minimum Gasteiger partial charge on any atom is -0.318 e. The van der Waals surface area contributed by atoms with Gasteiger partial charge in [0.25, 0.3) is 0 Å². The highest BCUT2D eigenvalue weighted by Crippen LogP contribution is 2.21. The van der Waals surface area contributed by atoms with Gasteiger partial charge in [0.15, 0.2) is 0 Å². The van der Waals surface area contributed by atoms with Crippen LogP contribution < -0.4 is 5.56 Å². The fraction of sp³-hybridized carbons (Fsp3) is 0.267. The van der Waals surface area contributed by atoms with Gasteiger partial charge in [-0.3, -0.25) is 4.79 Å². The van der Waals surface area contributed by atoms with Crippen molar-refractivity contribution in [3.63, 3.8) is 0 Å². The van der Waals surface area contributed by atoms with Gasteiger partial charge in [0.05, 0.1) is 0 Å². The first-order valence-electron chi connectivity index (χ1n) is 5.85. The first-order chi connectivity index (χ1) is 8.08. The highest BCUT2D eigenvalue weighted by Gasteiger charge is 2.01. The second-order valence-corrected chi connectivity index (χ2v) is 4.64. The van der Waals surface area contributed by atoms with E-state index in [2.05, 4.69) is 38.1 Å². The highest BCUT2D eigenvalue weighted by atomic mass is 16.1. The van der Waals surface area contributed by atoms with E-state index in [0.29, 0.717) is 5.92 Å². The number of hydrogen-bond donors (Lipinski definition) is 0. The molecule has 0 radical (unpaired) electrons. The molecule has 0 aliphatic rings. The van der Waals surface area contributed by atoms with Crippen molar-refractivity contribution < 1.29 is 0 Å². The van der Waals surface area contributed by atoms with Crippen LogP contribution in [0.15, 0.2) is 47.4 Å². The molecule has 17 heavy (non-hydrogen) atoms. The van der Waals surface area contributed by atoms with Gasteiger partial charge >= 0.3 is 0 Å². The van der Waals surface area contributed by atoms with Gasteiger partial charge in [-0.25, -0.2) is 0 Å². The van der Waals surface area contributed by atoms with Crippen molar-refractivity contribution in [3.05, 3.63) is 58.5 Å². The number of benzene rings is 1. The Kier molecular flexibility index (Phi) is 3.14. The first kappa shape index (κ1) is 11.6. The van der Waals surface area contributed by atoms with Crippen molar-refractivity contribution in [1.82, 2.24) is 4.57 Å². The number of rotatable bonds is 2. The van der Waals surface area contributed by atoms with Gasteiger partial charge in [-0.1, -0.05) is 38.1 Å². The second kappa shape index (κ2) is 4.58. The van der Waals surface area contributed by atoms with Crippen molar-refractivity contribution in [2.75, 3.05) is 0 Å². The Labute approximate surface area is 102 Å². The van der Waals surface area contributed by atoms with Gasteiger partial charge in [0.2, 0.25) is 5.56 Å². The van der Waals surface area contributed by atoms with Crippen molar-refractivity contribution >= 4 is 0 Å². The van der Waals surface area contributed by atoms with Crippen LogP contribution in [-0.2, 0) is 7.05 Å². The molecule has 1 aromatic carbocycles. The molecule has 0 spiro atoms. The zero-order valence-electron chi connectivity index (χ0n) is 10.5. The van der Waals surface area contributed by atoms with Gasteiger partial charge in [-0.05, 0) is 28.7 Å². The van der Waals surface area contributed by atoms with E-state index in [1.807, 2.05) is 12.3 Å². The van der Waals surface area contributed by atoms with Crippen molar-refractivity contribution in [3.8, 4) is 11.1 Å². The van der Waals surface area contributed by atoms with E-state index < -0.39 is 0 Å². The maximum atomic E-state index is 11.3. The molecular formula is C15H17NO. The summed E-state index contributed by atoms with van der Waals surface area (Å²) < 4.78 is 1.60. The molecule has 1 heterocycles. The van der Waals surface area contributed by atoms with Crippen LogP contribution >= 0.6 is 0 Å². The summed E-state index contributed by atoms with van der Waals surface area (Å²) in [5.41, 5.74) is 3.57. The standard InChI is InChI=1S/C15H17NO/c1-11(2)12-4-6-13(7-5-12)14-8-9-15(17)16(3)10-14/h4-11H,1-3H3. The lowest BCUT2D eigenvalue weighted by molar-refractivity contribution is 0.861. The Hall–Kier alpha value is -1.83. The van der Waals surface area contributed by atoms with Gasteiger partial charge in [0, 0.05) is 19.3 Å². The lowest BCUT2D eigenvalue weighted by Gasteiger charge is -2.07. The minimum absolute atomic E-state index is 0.0209. The van der Waals surface area contributed by atoms with Crippen LogP contribution in [-0.4, -0.2) is 4.57 Å². The lowest BCUT2D eigenvalue weighted by Crippen LogP contribution is -2.13. The molecule has 2 nitrogen and oxygen atoms in total. The molecule has 2 rings (SSSR count). The molecule has 0 aliphatic heterocycles. The topological polar surface area (TPSA) is 22.0 Å². The predicted molar refractivity (Wildman–Crippen MR) is 71.2 cm³/mol. The molecule has 0 atom stereocenters. The van der Waals surface area contributed by atoms with E-state index in [4.69, 9.17) is 0 Å². The molecule has 0 unspecified atom stereocenters. The quantitative estimate of drug-likeness (QED) is 0.772. The summed E-state index contributed by atoms with van der Waals surface area (Å²) in [6.07, 6.45) is 1.87. The third-order valence-corrected chi connectivity index (χ3v) is 3.00. The second-order valence-electron chi connectivity index (χ2n) is 4.64. The predicted octanol–water partition coefficient (Wildman–Crippen LogP) is 3.18. The summed E-state index contributed by atoms with van der Waals surface area (Å²) in [6.45, 7) is 4.36. The molecule has 88 valence electrons. The molecule has 0 N–H and O–H groups in total. The van der Waals surface area contributed by atoms with Gasteiger partial charge < -0.3 is 4.57 Å². The maximum absolute atomic E-state index is 11.3. The van der Waals surface area contributed by atoms with Crippen molar-refractivity contribution in [1.29, 1.82) is 0 Å². The zero-order chi connectivity index (χ0) is 12.4. The van der Waals surface area contributed by atoms with Crippen molar-refractivity contribution in [2.24, 2.45) is 7.05 Å². The number of aromatic nitrogens is 1. The van der Waals surface area contributed by atoms with E-state index in [0.717, 1.165) is 11.1 Å². The molecule has 1 aromatic heterocycles. The Bertz CT molecular complexity index is 564. The van der Waals surface area contributed by atoms with Crippen LogP contribution in [0, 0.1) is 0 Å². The van der Waals surface area contributed by atoms with Crippen LogP contribution in [0.3, 0.4) is 0 Å². The largest absolute Gasteiger partial charge is 0.318 e. The fourth-order valence-electron chi connectivity index (χ4n) is 1.83. The molecular weight excluding hydrogens is 210 g/mol. The molecule has 0 saturated carbocycles. The molecule has 0 aliphatic carbocycles. The molecule has 0 amide bonds. The SMILES string of the molecule is CC(C)c1ccc(-c2ccc(=O)n(C)c2)cc1. The van der Waals surface area contributed by atoms with Crippen LogP contribution in [0.4, 0.5) is 0 Å². The number of pyridine rings is 1. The van der Waals surface area contributed by atoms with Crippen LogP contribution in [0.25, 0.3) is 11.1 Å². The summed E-state index contributed by atoms with van der Waals surface area (Å²) in [4.78, 5) is 11.3. The molecule has 0 saturated heterocycles. The number of nitrogens with zero attached hydrogens (tertiary/aromatic N) is 1. The third kappa shape index (κ3) is 2.47. The molecule has 2 heteroatoms. The molecule has 0 bridgehead atoms. The Balaban J connectivity index is 2.39. The third-order valence-electron chi connectivity index (χ3n) is 3.00. The summed E-state index contributed by atoms with van der Waals surface area (Å²) in [7, 11) is 1.77. The van der Waals surface area contributed by atoms with E-state index in [-0.39, 0.29) is 5.56 Å². The summed E-state index contributed by atoms with van der Waals surface area (Å²) in [5.74, 6) is 0.546. The average Bonchev–Trinajstić information content (AvgIpc) is 2.33. The molecule has 2 aromatic rings. The Morgan fingerprint density at radius 1 is 0.941 bits per heavy atom. The van der Waals surface area contributed by atoms with Crippen molar-refractivity contribution in [2.45, 2.75) is 19.8 Å². The zero-order valence-corrected chi connectivity index (χ0v) is 10.5. The van der Waals surface area contributed by atoms with Gasteiger partial charge in [-0.15, -0.1) is 0 Å². The lowest BCUT2D eigenvalue weighted by atomic mass is 9.99. The number of hydrogen-bond acceptors (Lipinski definition) is 1. The summed E-state index contributed by atoms with van der Waals surface area (Å²) in [5, 5.41) is 0. The van der Waals surface area contributed by atoms with Gasteiger partial charge in [0.1, 0.15) is 0 Å². The van der Waals surface area contributed by atoms with E-state index in [1.165, 1.54) is 5.56 Å². The van der Waals surface area contributed by atoms with E-state index in [1.54, 1.807) is 17.7 Å². The highest BCUT2D eigenvalue weighted by molar-refractivity contribution is 5.62. The van der Waals surface area contributed by atoms with Crippen LogP contribution in [0.1, 0.15) is 25.3 Å². The van der Waals surface area contributed by atoms with E-state index >= 15 is 0 Å². The monoisotopic (exact) mass is 227 g/mol. The number of aryl methyl sites for hydroxylation is 1. The summed E-state index contributed by atoms with van der Waals surface area (Å²) in [6, 6.07) is 12.0. The summed E-state index contributed by atoms with van der Waals surface area (Å²) >= 11 is 0. The fourth-order valence-corrected chi connectivity index (χ4v) is 1.83. The van der Waals surface area contributed by atoms with E-state index in [9.17, 15) is 4.79 Å². The Morgan fingerprint density at radius 3 is 2.06 bits per heavy atom.